The summed E-state index contributed by atoms with van der Waals surface area (Å²) in [6, 6.07) is 0. The zero-order valence-electron chi connectivity index (χ0n) is 15.9. The fourth-order valence-electron chi connectivity index (χ4n) is 3.14. The summed E-state index contributed by atoms with van der Waals surface area (Å²) in [6.07, 6.45) is 6.27. The predicted octanol–water partition coefficient (Wildman–Crippen LogP) is 2.89. The summed E-state index contributed by atoms with van der Waals surface area (Å²) in [5.74, 6) is 0.253. The van der Waals surface area contributed by atoms with Gasteiger partial charge in [-0.15, -0.1) is 0 Å². The first-order valence-corrected chi connectivity index (χ1v) is 9.97. The third-order valence-electron chi connectivity index (χ3n) is 4.29. The number of nitrogens with zero attached hydrogens (tertiary/aromatic N) is 5. The van der Waals surface area contributed by atoms with Crippen LogP contribution in [-0.2, 0) is 23.2 Å². The van der Waals surface area contributed by atoms with Crippen molar-refractivity contribution in [3.8, 4) is 0 Å². The number of thioether (sulfide) groups is 1. The van der Waals surface area contributed by atoms with E-state index in [-0.39, 0.29) is 11.5 Å². The zero-order chi connectivity index (χ0) is 18.9. The largest absolute Gasteiger partial charge is 0.462 e. The number of hydrogen-bond acceptors (Lipinski definition) is 7. The SMILES string of the molecule is CCOC(=O)c1cnc(SC)nc1N1CCc2c(cnn2C(C)(C)C)C1. The molecule has 8 heteroatoms. The molecular weight excluding hydrogens is 350 g/mol. The molecular formula is C18H25N5O2S. The smallest absolute Gasteiger partial charge is 0.343 e. The van der Waals surface area contributed by atoms with Crippen LogP contribution < -0.4 is 4.90 Å². The highest BCUT2D eigenvalue weighted by molar-refractivity contribution is 7.98. The van der Waals surface area contributed by atoms with Crippen molar-refractivity contribution in [3.05, 3.63) is 29.2 Å². The van der Waals surface area contributed by atoms with Gasteiger partial charge in [-0.05, 0) is 34.0 Å². The first-order chi connectivity index (χ1) is 12.3. The van der Waals surface area contributed by atoms with Gasteiger partial charge in [0.15, 0.2) is 5.16 Å². The summed E-state index contributed by atoms with van der Waals surface area (Å²) in [5.41, 5.74) is 2.79. The average molecular weight is 375 g/mol. The molecule has 0 saturated heterocycles. The van der Waals surface area contributed by atoms with Crippen molar-refractivity contribution >= 4 is 23.5 Å². The van der Waals surface area contributed by atoms with E-state index in [1.165, 1.54) is 23.0 Å². The highest BCUT2D eigenvalue weighted by Gasteiger charge is 2.28. The normalized spacial score (nSPS) is 14.3. The van der Waals surface area contributed by atoms with Gasteiger partial charge in [0.25, 0.3) is 0 Å². The Morgan fingerprint density at radius 2 is 2.12 bits per heavy atom. The minimum absolute atomic E-state index is 0.0488. The number of esters is 1. The molecule has 140 valence electrons. The second-order valence-electron chi connectivity index (χ2n) is 7.19. The highest BCUT2D eigenvalue weighted by Crippen LogP contribution is 2.29. The van der Waals surface area contributed by atoms with Crippen LogP contribution in [0.15, 0.2) is 17.6 Å². The molecule has 0 atom stereocenters. The summed E-state index contributed by atoms with van der Waals surface area (Å²) < 4.78 is 7.28. The molecule has 0 aliphatic carbocycles. The molecule has 0 N–H and O–H groups in total. The second kappa shape index (κ2) is 7.26. The number of hydrogen-bond donors (Lipinski definition) is 0. The minimum atomic E-state index is -0.383. The van der Waals surface area contributed by atoms with Gasteiger partial charge in [-0.3, -0.25) is 4.68 Å². The van der Waals surface area contributed by atoms with Crippen molar-refractivity contribution in [3.63, 3.8) is 0 Å². The van der Waals surface area contributed by atoms with Crippen LogP contribution in [0.3, 0.4) is 0 Å². The van der Waals surface area contributed by atoms with Crippen molar-refractivity contribution < 1.29 is 9.53 Å². The lowest BCUT2D eigenvalue weighted by Crippen LogP contribution is -2.35. The molecule has 1 aliphatic rings. The van der Waals surface area contributed by atoms with Gasteiger partial charge in [0.05, 0.1) is 18.3 Å². The van der Waals surface area contributed by atoms with E-state index in [0.717, 1.165) is 13.0 Å². The molecule has 2 aromatic heterocycles. The van der Waals surface area contributed by atoms with Gasteiger partial charge in [0.2, 0.25) is 0 Å². The van der Waals surface area contributed by atoms with Crippen LogP contribution in [-0.4, -0.2) is 45.1 Å². The molecule has 0 radical (unpaired) electrons. The molecule has 26 heavy (non-hydrogen) atoms. The second-order valence-corrected chi connectivity index (χ2v) is 7.96. The topological polar surface area (TPSA) is 73.1 Å². The number of ether oxygens (including phenoxy) is 1. The van der Waals surface area contributed by atoms with Crippen molar-refractivity contribution in [1.29, 1.82) is 0 Å². The predicted molar refractivity (Wildman–Crippen MR) is 102 cm³/mol. The maximum absolute atomic E-state index is 12.3. The van der Waals surface area contributed by atoms with E-state index in [1.54, 1.807) is 13.1 Å². The van der Waals surface area contributed by atoms with E-state index in [9.17, 15) is 4.79 Å². The van der Waals surface area contributed by atoms with Crippen molar-refractivity contribution in [2.45, 2.75) is 51.4 Å². The monoisotopic (exact) mass is 375 g/mol. The molecule has 0 spiro atoms. The number of rotatable bonds is 4. The van der Waals surface area contributed by atoms with Crippen LogP contribution >= 0.6 is 11.8 Å². The Bertz CT molecular complexity index is 812. The third kappa shape index (κ3) is 3.56. The maximum Gasteiger partial charge on any atom is 0.343 e. The van der Waals surface area contributed by atoms with Gasteiger partial charge in [0.1, 0.15) is 11.4 Å². The van der Waals surface area contributed by atoms with Gasteiger partial charge < -0.3 is 9.64 Å². The molecule has 0 bridgehead atoms. The first kappa shape index (κ1) is 18.7. The van der Waals surface area contributed by atoms with Crippen molar-refractivity contribution in [1.82, 2.24) is 19.7 Å². The van der Waals surface area contributed by atoms with Gasteiger partial charge >= 0.3 is 5.97 Å². The summed E-state index contributed by atoms with van der Waals surface area (Å²) in [5, 5.41) is 5.22. The Morgan fingerprint density at radius 1 is 1.35 bits per heavy atom. The number of carbonyl (C=O) groups is 1. The van der Waals surface area contributed by atoms with E-state index in [4.69, 9.17) is 4.74 Å². The van der Waals surface area contributed by atoms with Gasteiger partial charge in [-0.2, -0.15) is 5.10 Å². The van der Waals surface area contributed by atoms with E-state index >= 15 is 0 Å². The van der Waals surface area contributed by atoms with Crippen LogP contribution in [0.2, 0.25) is 0 Å². The maximum atomic E-state index is 12.3. The molecule has 1 aliphatic heterocycles. The van der Waals surface area contributed by atoms with Gasteiger partial charge in [-0.1, -0.05) is 11.8 Å². The van der Waals surface area contributed by atoms with E-state index in [0.29, 0.717) is 29.7 Å². The molecule has 3 rings (SSSR count). The molecule has 3 heterocycles. The Labute approximate surface area is 158 Å². The van der Waals surface area contributed by atoms with Crippen LogP contribution in [0, 0.1) is 0 Å². The number of carbonyl (C=O) groups excluding carboxylic acids is 1. The fraction of sp³-hybridized carbons (Fsp3) is 0.556. The van der Waals surface area contributed by atoms with Crippen molar-refractivity contribution in [2.75, 3.05) is 24.3 Å². The molecule has 0 fully saturated rings. The van der Waals surface area contributed by atoms with Gasteiger partial charge in [-0.25, -0.2) is 14.8 Å². The zero-order valence-corrected chi connectivity index (χ0v) is 16.8. The van der Waals surface area contributed by atoms with Crippen LogP contribution in [0.4, 0.5) is 5.82 Å². The number of aromatic nitrogens is 4. The van der Waals surface area contributed by atoms with E-state index < -0.39 is 0 Å². The molecule has 7 nitrogen and oxygen atoms in total. The molecule has 0 saturated carbocycles. The minimum Gasteiger partial charge on any atom is -0.462 e. The molecule has 0 amide bonds. The van der Waals surface area contributed by atoms with Crippen LogP contribution in [0.25, 0.3) is 0 Å². The lowest BCUT2D eigenvalue weighted by atomic mass is 10.0. The number of anilines is 1. The fourth-order valence-corrected chi connectivity index (χ4v) is 3.48. The van der Waals surface area contributed by atoms with Crippen LogP contribution in [0.5, 0.6) is 0 Å². The summed E-state index contributed by atoms with van der Waals surface area (Å²) in [6.45, 7) is 10.0. The lowest BCUT2D eigenvalue weighted by molar-refractivity contribution is 0.0526. The number of fused-ring (bicyclic) bond motifs is 1. The third-order valence-corrected chi connectivity index (χ3v) is 4.86. The standard InChI is InChI=1S/C18H25N5O2S/c1-6-25-16(24)13-10-19-17(26-5)21-15(13)22-8-7-14-12(11-22)9-20-23(14)18(2,3)4/h9-10H,6-8,11H2,1-5H3. The molecule has 0 aromatic carbocycles. The van der Waals surface area contributed by atoms with Gasteiger partial charge in [0, 0.05) is 37.0 Å². The van der Waals surface area contributed by atoms with E-state index in [2.05, 4.69) is 45.4 Å². The summed E-state index contributed by atoms with van der Waals surface area (Å²) in [7, 11) is 0. The van der Waals surface area contributed by atoms with Crippen LogP contribution in [0.1, 0.15) is 49.3 Å². The Hall–Kier alpha value is -2.09. The summed E-state index contributed by atoms with van der Waals surface area (Å²) >= 11 is 1.46. The molecule has 2 aromatic rings. The molecule has 0 unspecified atom stereocenters. The highest BCUT2D eigenvalue weighted by atomic mass is 32.2. The average Bonchev–Trinajstić information content (AvgIpc) is 3.04. The Morgan fingerprint density at radius 3 is 2.77 bits per heavy atom. The Balaban J connectivity index is 1.95. The van der Waals surface area contributed by atoms with Crippen molar-refractivity contribution in [2.24, 2.45) is 0 Å². The van der Waals surface area contributed by atoms with E-state index in [1.807, 2.05) is 12.5 Å². The Kier molecular flexibility index (Phi) is 5.22. The quantitative estimate of drug-likeness (QED) is 0.462. The lowest BCUT2D eigenvalue weighted by Gasteiger charge is -2.31. The first-order valence-electron chi connectivity index (χ1n) is 8.74. The summed E-state index contributed by atoms with van der Waals surface area (Å²) in [4.78, 5) is 23.3.